The average molecular weight is 479 g/mol. The van der Waals surface area contributed by atoms with E-state index in [0.717, 1.165) is 25.7 Å². The van der Waals surface area contributed by atoms with Crippen LogP contribution in [-0.2, 0) is 24.8 Å². The molecule has 172 valence electrons. The fraction of sp³-hybridized carbons (Fsp3) is 0.429. The second kappa shape index (κ2) is 8.80. The topological polar surface area (TPSA) is 116 Å². The summed E-state index contributed by atoms with van der Waals surface area (Å²) in [6, 6.07) is 4.86. The molecule has 1 aromatic rings. The molecule has 0 unspecified atom stereocenters. The number of nitrogens with one attached hydrogen (secondary N) is 1. The number of rotatable bonds is 4. The third-order valence-electron chi connectivity index (χ3n) is 5.71. The van der Waals surface area contributed by atoms with Crippen LogP contribution in [0.4, 0.5) is 5.69 Å². The molecule has 9 nitrogen and oxygen atoms in total. The molecule has 32 heavy (non-hydrogen) atoms. The molecule has 11 heteroatoms. The van der Waals surface area contributed by atoms with Crippen molar-refractivity contribution >= 4 is 37.5 Å². The van der Waals surface area contributed by atoms with Crippen LogP contribution >= 0.6 is 0 Å². The fourth-order valence-electron chi connectivity index (χ4n) is 3.92. The Balaban J connectivity index is 1.54. The summed E-state index contributed by atoms with van der Waals surface area (Å²) >= 11 is 0. The predicted molar refractivity (Wildman–Crippen MR) is 122 cm³/mol. The van der Waals surface area contributed by atoms with Gasteiger partial charge in [-0.25, -0.2) is 16.8 Å². The molecule has 0 saturated carbocycles. The highest BCUT2D eigenvalue weighted by Crippen LogP contribution is 2.26. The van der Waals surface area contributed by atoms with E-state index in [1.807, 2.05) is 0 Å². The molecule has 0 spiro atoms. The van der Waals surface area contributed by atoms with Gasteiger partial charge in [-0.05, 0) is 49.6 Å². The Morgan fingerprint density at radius 1 is 1.06 bits per heavy atom. The van der Waals surface area contributed by atoms with Crippen molar-refractivity contribution in [1.29, 1.82) is 0 Å². The molecule has 3 aliphatic rings. The lowest BCUT2D eigenvalue weighted by Gasteiger charge is -2.27. The molecule has 3 heterocycles. The van der Waals surface area contributed by atoms with Crippen molar-refractivity contribution in [2.24, 2.45) is 4.40 Å². The molecule has 0 aliphatic carbocycles. The highest BCUT2D eigenvalue weighted by molar-refractivity contribution is 7.90. The van der Waals surface area contributed by atoms with Gasteiger partial charge in [-0.1, -0.05) is 18.9 Å². The number of amidine groups is 1. The third kappa shape index (κ3) is 4.79. The Hall–Kier alpha value is -2.50. The Bertz CT molecular complexity index is 1220. The first kappa shape index (κ1) is 22.7. The minimum absolute atomic E-state index is 0.120. The van der Waals surface area contributed by atoms with Crippen molar-refractivity contribution in [3.63, 3.8) is 0 Å². The maximum atomic E-state index is 13.2. The normalized spacial score (nSPS) is 21.2. The van der Waals surface area contributed by atoms with Gasteiger partial charge in [0.15, 0.2) is 0 Å². The maximum absolute atomic E-state index is 13.2. The van der Waals surface area contributed by atoms with Gasteiger partial charge in [0.25, 0.3) is 15.9 Å². The lowest BCUT2D eigenvalue weighted by atomic mass is 10.1. The predicted octanol–water partition coefficient (Wildman–Crippen LogP) is 2.00. The third-order valence-corrected chi connectivity index (χ3v) is 8.92. The number of hydrogen-bond acceptors (Lipinski definition) is 6. The second-order valence-corrected chi connectivity index (χ2v) is 11.8. The number of carbonyl (C=O) groups is 1. The van der Waals surface area contributed by atoms with Gasteiger partial charge >= 0.3 is 0 Å². The minimum Gasteiger partial charge on any atom is -0.330 e. The highest BCUT2D eigenvalue weighted by Gasteiger charge is 2.28. The van der Waals surface area contributed by atoms with Crippen LogP contribution in [0, 0.1) is 6.92 Å². The van der Waals surface area contributed by atoms with Gasteiger partial charge < -0.3 is 10.2 Å². The minimum atomic E-state index is -3.65. The van der Waals surface area contributed by atoms with E-state index in [1.54, 1.807) is 30.2 Å². The molecule has 3 aliphatic heterocycles. The molecular formula is C21H26N4O5S2. The van der Waals surface area contributed by atoms with E-state index in [4.69, 9.17) is 0 Å². The highest BCUT2D eigenvalue weighted by atomic mass is 32.2. The number of anilines is 1. The van der Waals surface area contributed by atoms with E-state index < -0.39 is 26.0 Å². The summed E-state index contributed by atoms with van der Waals surface area (Å²) in [7, 11) is -7.12. The summed E-state index contributed by atoms with van der Waals surface area (Å²) in [5, 5.41) is 2.75. The zero-order valence-corrected chi connectivity index (χ0v) is 19.5. The van der Waals surface area contributed by atoms with E-state index in [-0.39, 0.29) is 23.0 Å². The zero-order valence-electron chi connectivity index (χ0n) is 17.8. The second-order valence-electron chi connectivity index (χ2n) is 8.10. The number of hydrogen-bond donors (Lipinski definition) is 1. The number of carbonyl (C=O) groups excluding carboxylic acids is 1. The summed E-state index contributed by atoms with van der Waals surface area (Å²) in [6.45, 7) is 2.97. The summed E-state index contributed by atoms with van der Waals surface area (Å²) in [5.41, 5.74) is 1.32. The van der Waals surface area contributed by atoms with Crippen LogP contribution in [0.2, 0.25) is 0 Å². The molecule has 0 aromatic heterocycles. The van der Waals surface area contributed by atoms with Gasteiger partial charge in [0.1, 0.15) is 5.84 Å². The van der Waals surface area contributed by atoms with Gasteiger partial charge in [-0.15, -0.1) is 4.40 Å². The monoisotopic (exact) mass is 478 g/mol. The lowest BCUT2D eigenvalue weighted by molar-refractivity contribution is -0.112. The molecule has 0 radical (unpaired) electrons. The number of amides is 1. The Morgan fingerprint density at radius 3 is 2.50 bits per heavy atom. The SMILES string of the molecule is Cc1ccc(NC(=O)C2=CN3CCS(=O)(=O)N=C3C=C2)cc1S(=O)(=O)N1CCCCCC1. The number of nitrogens with zero attached hydrogens (tertiary/aromatic N) is 3. The van der Waals surface area contributed by atoms with Gasteiger partial charge in [0.05, 0.1) is 16.2 Å². The van der Waals surface area contributed by atoms with Gasteiger partial charge in [-0.3, -0.25) is 4.79 Å². The van der Waals surface area contributed by atoms with Crippen molar-refractivity contribution in [2.45, 2.75) is 37.5 Å². The summed E-state index contributed by atoms with van der Waals surface area (Å²) in [5.74, 6) is -0.268. The van der Waals surface area contributed by atoms with E-state index in [9.17, 15) is 21.6 Å². The molecule has 0 atom stereocenters. The van der Waals surface area contributed by atoms with Crippen molar-refractivity contribution in [1.82, 2.24) is 9.21 Å². The van der Waals surface area contributed by atoms with Crippen molar-refractivity contribution in [3.05, 3.63) is 47.7 Å². The summed E-state index contributed by atoms with van der Waals surface area (Å²) in [6.07, 6.45) is 8.27. The van der Waals surface area contributed by atoms with Gasteiger partial charge in [0.2, 0.25) is 10.0 Å². The quantitative estimate of drug-likeness (QED) is 0.708. The standard InChI is InChI=1S/C21H26N4O5S2/c1-16-6-8-18(14-19(16)32(29,30)25-10-4-2-3-5-11-25)22-21(26)17-7-9-20-23-31(27,28)13-12-24(20)15-17/h6-9,14-15H,2-5,10-13H2,1H3,(H,22,26). The van der Waals surface area contributed by atoms with E-state index in [1.165, 1.54) is 22.5 Å². The van der Waals surface area contributed by atoms with E-state index >= 15 is 0 Å². The number of fused-ring (bicyclic) bond motifs is 1. The van der Waals surface area contributed by atoms with Gasteiger partial charge in [-0.2, -0.15) is 4.31 Å². The molecule has 1 N–H and O–H groups in total. The molecule has 1 amide bonds. The van der Waals surface area contributed by atoms with Crippen LogP contribution in [0.3, 0.4) is 0 Å². The maximum Gasteiger partial charge on any atom is 0.257 e. The summed E-state index contributed by atoms with van der Waals surface area (Å²) in [4.78, 5) is 14.6. The fourth-order valence-corrected chi connectivity index (χ4v) is 6.65. The average Bonchev–Trinajstić information content (AvgIpc) is 3.04. The lowest BCUT2D eigenvalue weighted by Crippen LogP contribution is -2.37. The van der Waals surface area contributed by atoms with Crippen molar-refractivity contribution in [3.8, 4) is 0 Å². The number of aryl methyl sites for hydroxylation is 1. The zero-order chi connectivity index (χ0) is 22.9. The number of sulfonamides is 2. The molecule has 0 bridgehead atoms. The van der Waals surface area contributed by atoms with Crippen molar-refractivity contribution in [2.75, 3.05) is 30.7 Å². The smallest absolute Gasteiger partial charge is 0.257 e. The molecule has 1 saturated heterocycles. The van der Waals surface area contributed by atoms with Crippen LogP contribution in [0.5, 0.6) is 0 Å². The summed E-state index contributed by atoms with van der Waals surface area (Å²) < 4.78 is 55.0. The molecule has 4 rings (SSSR count). The Morgan fingerprint density at radius 2 is 1.78 bits per heavy atom. The van der Waals surface area contributed by atoms with E-state index in [2.05, 4.69) is 9.71 Å². The molecule has 1 fully saturated rings. The number of benzene rings is 1. The molecular weight excluding hydrogens is 452 g/mol. The van der Waals surface area contributed by atoms with Gasteiger partial charge in [0, 0.05) is 31.5 Å². The van der Waals surface area contributed by atoms with Crippen LogP contribution in [0.25, 0.3) is 0 Å². The first-order valence-corrected chi connectivity index (χ1v) is 13.6. The van der Waals surface area contributed by atoms with Crippen LogP contribution < -0.4 is 5.32 Å². The molecule has 1 aromatic carbocycles. The van der Waals surface area contributed by atoms with Crippen LogP contribution in [0.1, 0.15) is 31.2 Å². The largest absolute Gasteiger partial charge is 0.330 e. The van der Waals surface area contributed by atoms with E-state index in [0.29, 0.717) is 29.9 Å². The van der Waals surface area contributed by atoms with Crippen LogP contribution in [-0.4, -0.2) is 63.2 Å². The first-order chi connectivity index (χ1) is 15.2. The van der Waals surface area contributed by atoms with Crippen molar-refractivity contribution < 1.29 is 21.6 Å². The first-order valence-electron chi connectivity index (χ1n) is 10.6. The Labute approximate surface area is 188 Å². The Kier molecular flexibility index (Phi) is 6.24. The van der Waals surface area contributed by atoms with Crippen LogP contribution in [0.15, 0.2) is 51.4 Å².